The van der Waals surface area contributed by atoms with Gasteiger partial charge in [0, 0.05) is 13.1 Å². The lowest BCUT2D eigenvalue weighted by Gasteiger charge is -2.25. The summed E-state index contributed by atoms with van der Waals surface area (Å²) in [6.07, 6.45) is 2.77. The molecule has 0 aliphatic heterocycles. The number of sulfonamides is 1. The van der Waals surface area contributed by atoms with E-state index in [1.807, 2.05) is 13.2 Å². The molecule has 1 aromatic rings. The van der Waals surface area contributed by atoms with Crippen molar-refractivity contribution in [2.45, 2.75) is 30.9 Å². The Morgan fingerprint density at radius 2 is 2.10 bits per heavy atom. The molecular formula is C14H23NO4S2. The van der Waals surface area contributed by atoms with E-state index in [2.05, 4.69) is 0 Å². The number of ether oxygens (including phenoxy) is 1. The molecule has 0 fully saturated rings. The van der Waals surface area contributed by atoms with Crippen LogP contribution >= 0.6 is 11.8 Å². The summed E-state index contributed by atoms with van der Waals surface area (Å²) in [5.41, 5.74) is 0.541. The average molecular weight is 333 g/mol. The van der Waals surface area contributed by atoms with E-state index in [0.717, 1.165) is 12.2 Å². The highest BCUT2D eigenvalue weighted by Gasteiger charge is 2.28. The lowest BCUT2D eigenvalue weighted by molar-refractivity contribution is 0.281. The molecule has 5 nitrogen and oxygen atoms in total. The molecule has 7 heteroatoms. The van der Waals surface area contributed by atoms with Gasteiger partial charge < -0.3 is 9.84 Å². The van der Waals surface area contributed by atoms with Crippen molar-refractivity contribution in [1.29, 1.82) is 0 Å². The van der Waals surface area contributed by atoms with E-state index < -0.39 is 10.0 Å². The number of nitrogens with zero attached hydrogens (tertiary/aromatic N) is 1. The van der Waals surface area contributed by atoms with Crippen molar-refractivity contribution in [1.82, 2.24) is 4.31 Å². The minimum Gasteiger partial charge on any atom is -0.495 e. The number of aliphatic hydroxyl groups excluding tert-OH is 1. The molecule has 0 heterocycles. The van der Waals surface area contributed by atoms with E-state index in [1.54, 1.807) is 30.9 Å². The lowest BCUT2D eigenvalue weighted by atomic mass is 10.2. The van der Waals surface area contributed by atoms with Crippen LogP contribution in [0.15, 0.2) is 23.1 Å². The van der Waals surface area contributed by atoms with Crippen LogP contribution in [0.2, 0.25) is 0 Å². The molecule has 1 atom stereocenters. The molecule has 1 rings (SSSR count). The highest BCUT2D eigenvalue weighted by atomic mass is 32.2. The van der Waals surface area contributed by atoms with Crippen molar-refractivity contribution in [3.8, 4) is 5.75 Å². The number of rotatable bonds is 8. The van der Waals surface area contributed by atoms with Gasteiger partial charge in [-0.1, -0.05) is 6.07 Å². The Morgan fingerprint density at radius 3 is 2.62 bits per heavy atom. The zero-order valence-corrected chi connectivity index (χ0v) is 14.5. The monoisotopic (exact) mass is 333 g/mol. The molecule has 0 aliphatic rings. The van der Waals surface area contributed by atoms with Crippen LogP contribution in [0.1, 0.15) is 18.9 Å². The summed E-state index contributed by atoms with van der Waals surface area (Å²) in [7, 11) is -0.647. The molecule has 0 saturated carbocycles. The maximum atomic E-state index is 12.7. The van der Waals surface area contributed by atoms with Gasteiger partial charge in [-0.25, -0.2) is 8.42 Å². The zero-order valence-electron chi connectivity index (χ0n) is 12.9. The van der Waals surface area contributed by atoms with Crippen molar-refractivity contribution in [3.63, 3.8) is 0 Å². The third-order valence-corrected chi connectivity index (χ3v) is 6.07. The van der Waals surface area contributed by atoms with Gasteiger partial charge in [0.25, 0.3) is 0 Å². The van der Waals surface area contributed by atoms with Crippen LogP contribution in [0.3, 0.4) is 0 Å². The Hall–Kier alpha value is -0.760. The van der Waals surface area contributed by atoms with Gasteiger partial charge in [-0.05, 0) is 43.0 Å². The molecule has 0 aliphatic carbocycles. The number of hydrogen-bond donors (Lipinski definition) is 1. The van der Waals surface area contributed by atoms with E-state index >= 15 is 0 Å². The third-order valence-electron chi connectivity index (χ3n) is 3.43. The van der Waals surface area contributed by atoms with E-state index in [0.29, 0.717) is 5.56 Å². The van der Waals surface area contributed by atoms with Gasteiger partial charge in [0.15, 0.2) is 0 Å². The molecule has 0 saturated heterocycles. The van der Waals surface area contributed by atoms with Gasteiger partial charge in [-0.3, -0.25) is 0 Å². The summed E-state index contributed by atoms with van der Waals surface area (Å²) in [6.45, 7) is 1.67. The Morgan fingerprint density at radius 1 is 1.43 bits per heavy atom. The summed E-state index contributed by atoms with van der Waals surface area (Å²) in [5, 5.41) is 9.20. The Balaban J connectivity index is 3.17. The lowest BCUT2D eigenvalue weighted by Crippen LogP contribution is -2.35. The fourth-order valence-corrected chi connectivity index (χ4v) is 4.06. The number of methoxy groups -OCH3 is 1. The van der Waals surface area contributed by atoms with E-state index in [4.69, 9.17) is 4.74 Å². The van der Waals surface area contributed by atoms with Crippen molar-refractivity contribution < 1.29 is 18.3 Å². The molecule has 120 valence electrons. The first-order chi connectivity index (χ1) is 9.88. The van der Waals surface area contributed by atoms with E-state index in [1.165, 1.54) is 17.5 Å². The SMILES string of the molecule is COc1ccc(CO)cc1S(=O)(=O)N(C)C(C)CCSC. The number of thioether (sulfide) groups is 1. The standard InChI is InChI=1S/C14H23NO4S2/c1-11(7-8-20-4)15(2)21(17,18)14-9-12(10-16)5-6-13(14)19-3/h5-6,9,11,16H,7-8,10H2,1-4H3. The maximum absolute atomic E-state index is 12.7. The van der Waals surface area contributed by atoms with Crippen molar-refractivity contribution >= 4 is 21.8 Å². The highest BCUT2D eigenvalue weighted by Crippen LogP contribution is 2.28. The molecule has 0 radical (unpaired) electrons. The summed E-state index contributed by atoms with van der Waals surface area (Å²) >= 11 is 1.69. The van der Waals surface area contributed by atoms with Crippen molar-refractivity contribution in [3.05, 3.63) is 23.8 Å². The smallest absolute Gasteiger partial charge is 0.246 e. The van der Waals surface area contributed by atoms with Crippen LogP contribution in [0.4, 0.5) is 0 Å². The van der Waals surface area contributed by atoms with Crippen LogP contribution in [0.25, 0.3) is 0 Å². The third kappa shape index (κ3) is 4.35. The average Bonchev–Trinajstić information content (AvgIpc) is 2.50. The predicted octanol–water partition coefficient (Wildman–Crippen LogP) is 1.95. The molecule has 0 aromatic heterocycles. The second-order valence-corrected chi connectivity index (χ2v) is 7.75. The molecule has 0 spiro atoms. The Bertz CT molecular complexity index is 560. The van der Waals surface area contributed by atoms with Gasteiger partial charge >= 0.3 is 0 Å². The fraction of sp³-hybridized carbons (Fsp3) is 0.571. The number of aliphatic hydroxyl groups is 1. The van der Waals surface area contributed by atoms with Gasteiger partial charge in [0.1, 0.15) is 10.6 Å². The molecule has 1 aromatic carbocycles. The van der Waals surface area contributed by atoms with Crippen LogP contribution < -0.4 is 4.74 Å². The number of benzene rings is 1. The van der Waals surface area contributed by atoms with Crippen molar-refractivity contribution in [2.75, 3.05) is 26.2 Å². The highest BCUT2D eigenvalue weighted by molar-refractivity contribution is 7.98. The van der Waals surface area contributed by atoms with Crippen LogP contribution in [-0.2, 0) is 16.6 Å². The van der Waals surface area contributed by atoms with Gasteiger partial charge in [-0.2, -0.15) is 16.1 Å². The van der Waals surface area contributed by atoms with Gasteiger partial charge in [-0.15, -0.1) is 0 Å². The molecule has 21 heavy (non-hydrogen) atoms. The molecule has 1 unspecified atom stereocenters. The second kappa shape index (κ2) is 8.03. The van der Waals surface area contributed by atoms with Gasteiger partial charge in [0.05, 0.1) is 13.7 Å². The van der Waals surface area contributed by atoms with E-state index in [9.17, 15) is 13.5 Å². The molecule has 0 amide bonds. The molecule has 1 N–H and O–H groups in total. The van der Waals surface area contributed by atoms with Crippen LogP contribution in [-0.4, -0.2) is 50.0 Å². The summed E-state index contributed by atoms with van der Waals surface area (Å²) in [6, 6.07) is 4.57. The fourth-order valence-electron chi connectivity index (χ4n) is 1.88. The van der Waals surface area contributed by atoms with Crippen LogP contribution in [0, 0.1) is 0 Å². The zero-order chi connectivity index (χ0) is 16.0. The quantitative estimate of drug-likeness (QED) is 0.787. The summed E-state index contributed by atoms with van der Waals surface area (Å²) < 4.78 is 32.0. The first-order valence-electron chi connectivity index (χ1n) is 6.63. The minimum atomic E-state index is -3.66. The maximum Gasteiger partial charge on any atom is 0.246 e. The first-order valence-corrected chi connectivity index (χ1v) is 9.46. The minimum absolute atomic E-state index is 0.0926. The van der Waals surface area contributed by atoms with E-state index in [-0.39, 0.29) is 23.3 Å². The first kappa shape index (κ1) is 18.3. The van der Waals surface area contributed by atoms with Crippen molar-refractivity contribution in [2.24, 2.45) is 0 Å². The molecule has 0 bridgehead atoms. The second-order valence-electron chi connectivity index (χ2n) is 4.80. The Kier molecular flexibility index (Phi) is 6.99. The number of hydrogen-bond acceptors (Lipinski definition) is 5. The summed E-state index contributed by atoms with van der Waals surface area (Å²) in [4.78, 5) is 0.0926. The predicted molar refractivity (Wildman–Crippen MR) is 86.3 cm³/mol. The largest absolute Gasteiger partial charge is 0.495 e. The summed E-state index contributed by atoms with van der Waals surface area (Å²) in [5.74, 6) is 1.19. The van der Waals surface area contributed by atoms with Gasteiger partial charge in [0.2, 0.25) is 10.0 Å². The topological polar surface area (TPSA) is 66.8 Å². The normalized spacial score (nSPS) is 13.4. The Labute approximate surface area is 131 Å². The van der Waals surface area contributed by atoms with Crippen LogP contribution in [0.5, 0.6) is 5.75 Å². The molecular weight excluding hydrogens is 310 g/mol.